The van der Waals surface area contributed by atoms with Crippen molar-refractivity contribution in [3.8, 4) is 0 Å². The van der Waals surface area contributed by atoms with Gasteiger partial charge in [-0.3, -0.25) is 4.79 Å². The van der Waals surface area contributed by atoms with Gasteiger partial charge in [0, 0.05) is 24.2 Å². The molecular formula is C22H25F6NO2. The maximum atomic E-state index is 13.3. The number of carbonyl (C=O) groups is 1. The number of aryl methyl sites for hydroxylation is 1. The van der Waals surface area contributed by atoms with Crippen molar-refractivity contribution in [2.75, 3.05) is 11.4 Å². The molecule has 0 spiro atoms. The molecule has 0 saturated heterocycles. The predicted molar refractivity (Wildman–Crippen MR) is 101 cm³/mol. The number of amides is 1. The number of anilines is 1. The number of rotatable bonds is 3. The lowest BCUT2D eigenvalue weighted by molar-refractivity contribution is -0.376. The molecule has 3 aliphatic rings. The van der Waals surface area contributed by atoms with E-state index in [-0.39, 0.29) is 17.9 Å². The number of alkyl halides is 6. The second-order valence-electron chi connectivity index (χ2n) is 9.19. The van der Waals surface area contributed by atoms with Gasteiger partial charge in [0.1, 0.15) is 0 Å². The number of nitrogens with zero attached hydrogens (tertiary/aromatic N) is 1. The summed E-state index contributed by atoms with van der Waals surface area (Å²) in [6.07, 6.45) is -5.64. The van der Waals surface area contributed by atoms with Crippen molar-refractivity contribution in [1.82, 2.24) is 0 Å². The summed E-state index contributed by atoms with van der Waals surface area (Å²) in [5.74, 6) is 1.38. The fourth-order valence-corrected chi connectivity index (χ4v) is 5.69. The SMILES string of the molecule is O=C(CC1C[C@@H]2CC[C@@H]1C2)N1CCCCc2cc(C(O)(C(F)(F)F)C(F)(F)F)ccc21. The highest BCUT2D eigenvalue weighted by Gasteiger charge is 2.71. The van der Waals surface area contributed by atoms with E-state index < -0.39 is 23.5 Å². The van der Waals surface area contributed by atoms with Crippen LogP contribution in [0.2, 0.25) is 0 Å². The summed E-state index contributed by atoms with van der Waals surface area (Å²) in [7, 11) is 0. The van der Waals surface area contributed by atoms with Gasteiger partial charge in [-0.25, -0.2) is 0 Å². The number of halogens is 6. The zero-order valence-corrected chi connectivity index (χ0v) is 16.9. The zero-order chi connectivity index (χ0) is 22.6. The molecule has 3 nitrogen and oxygen atoms in total. The number of hydrogen-bond acceptors (Lipinski definition) is 2. The van der Waals surface area contributed by atoms with E-state index in [0.717, 1.165) is 31.4 Å². The molecule has 1 heterocycles. The molecule has 4 rings (SSSR count). The van der Waals surface area contributed by atoms with Crippen molar-refractivity contribution in [3.05, 3.63) is 29.3 Å². The van der Waals surface area contributed by atoms with Gasteiger partial charge in [0.05, 0.1) is 0 Å². The minimum absolute atomic E-state index is 0.129. The third kappa shape index (κ3) is 3.83. The average molecular weight is 449 g/mol. The monoisotopic (exact) mass is 449 g/mol. The first-order valence-corrected chi connectivity index (χ1v) is 10.7. The van der Waals surface area contributed by atoms with Crippen LogP contribution in [0, 0.1) is 17.8 Å². The van der Waals surface area contributed by atoms with E-state index in [1.165, 1.54) is 11.3 Å². The van der Waals surface area contributed by atoms with Gasteiger partial charge in [-0.15, -0.1) is 0 Å². The van der Waals surface area contributed by atoms with Crippen LogP contribution in [0.15, 0.2) is 18.2 Å². The van der Waals surface area contributed by atoms with Crippen molar-refractivity contribution in [2.24, 2.45) is 17.8 Å². The second-order valence-corrected chi connectivity index (χ2v) is 9.19. The van der Waals surface area contributed by atoms with E-state index in [4.69, 9.17) is 0 Å². The van der Waals surface area contributed by atoms with Crippen molar-refractivity contribution in [3.63, 3.8) is 0 Å². The molecule has 0 radical (unpaired) electrons. The Kier molecular flexibility index (Phi) is 5.55. The molecule has 9 heteroatoms. The number of fused-ring (bicyclic) bond motifs is 3. The molecule has 2 aliphatic carbocycles. The Balaban J connectivity index is 1.63. The normalized spacial score (nSPS) is 26.7. The molecule has 1 aromatic rings. The van der Waals surface area contributed by atoms with E-state index in [0.29, 0.717) is 55.3 Å². The van der Waals surface area contributed by atoms with Crippen LogP contribution in [0.5, 0.6) is 0 Å². The van der Waals surface area contributed by atoms with Crippen LogP contribution in [0.3, 0.4) is 0 Å². The minimum Gasteiger partial charge on any atom is -0.369 e. The van der Waals surface area contributed by atoms with Gasteiger partial charge in [0.2, 0.25) is 5.91 Å². The van der Waals surface area contributed by atoms with Gasteiger partial charge in [0.15, 0.2) is 0 Å². The quantitative estimate of drug-likeness (QED) is 0.620. The average Bonchev–Trinajstić information content (AvgIpc) is 3.22. The van der Waals surface area contributed by atoms with E-state index in [9.17, 15) is 36.2 Å². The highest BCUT2D eigenvalue weighted by atomic mass is 19.4. The predicted octanol–water partition coefficient (Wildman–Crippen LogP) is 5.49. The summed E-state index contributed by atoms with van der Waals surface area (Å²) in [5, 5.41) is 9.72. The first-order valence-electron chi connectivity index (χ1n) is 10.7. The topological polar surface area (TPSA) is 40.5 Å². The zero-order valence-electron chi connectivity index (χ0n) is 16.9. The highest BCUT2D eigenvalue weighted by molar-refractivity contribution is 5.94. The molecule has 0 aromatic heterocycles. The lowest BCUT2D eigenvalue weighted by Gasteiger charge is -2.33. The molecule has 1 aromatic carbocycles. The van der Waals surface area contributed by atoms with Crippen LogP contribution in [0.25, 0.3) is 0 Å². The Morgan fingerprint density at radius 2 is 1.74 bits per heavy atom. The van der Waals surface area contributed by atoms with Gasteiger partial charge in [0.25, 0.3) is 5.60 Å². The van der Waals surface area contributed by atoms with Gasteiger partial charge in [-0.1, -0.05) is 18.6 Å². The number of carbonyl (C=O) groups excluding carboxylic acids is 1. The van der Waals surface area contributed by atoms with Crippen LogP contribution in [0.1, 0.15) is 56.1 Å². The third-order valence-electron chi connectivity index (χ3n) is 7.31. The van der Waals surface area contributed by atoms with Crippen molar-refractivity contribution < 1.29 is 36.2 Å². The number of hydrogen-bond donors (Lipinski definition) is 1. The van der Waals surface area contributed by atoms with Crippen LogP contribution in [-0.4, -0.2) is 29.9 Å². The summed E-state index contributed by atoms with van der Waals surface area (Å²) in [4.78, 5) is 14.6. The fourth-order valence-electron chi connectivity index (χ4n) is 5.69. The van der Waals surface area contributed by atoms with Crippen LogP contribution < -0.4 is 4.90 Å². The Morgan fingerprint density at radius 3 is 2.32 bits per heavy atom. The van der Waals surface area contributed by atoms with E-state index in [2.05, 4.69) is 0 Å². The maximum absolute atomic E-state index is 13.3. The highest BCUT2D eigenvalue weighted by Crippen LogP contribution is 2.51. The molecule has 2 saturated carbocycles. The van der Waals surface area contributed by atoms with Crippen LogP contribution in [0.4, 0.5) is 32.0 Å². The number of aliphatic hydroxyl groups is 1. The van der Waals surface area contributed by atoms with E-state index >= 15 is 0 Å². The Morgan fingerprint density at radius 1 is 1.03 bits per heavy atom. The first kappa shape index (κ1) is 22.4. The second kappa shape index (κ2) is 7.67. The molecule has 1 aliphatic heterocycles. The third-order valence-corrected chi connectivity index (χ3v) is 7.31. The van der Waals surface area contributed by atoms with E-state index in [1.807, 2.05) is 0 Å². The first-order chi connectivity index (χ1) is 14.4. The van der Waals surface area contributed by atoms with Crippen molar-refractivity contribution in [2.45, 2.75) is 69.3 Å². The summed E-state index contributed by atoms with van der Waals surface area (Å²) in [6, 6.07) is 2.53. The lowest BCUT2D eigenvalue weighted by atomic mass is 9.86. The molecular weight excluding hydrogens is 424 g/mol. The smallest absolute Gasteiger partial charge is 0.369 e. The van der Waals surface area contributed by atoms with Gasteiger partial charge in [-0.2, -0.15) is 26.3 Å². The summed E-state index contributed by atoms with van der Waals surface area (Å²) >= 11 is 0. The van der Waals surface area contributed by atoms with E-state index in [1.54, 1.807) is 0 Å². The molecule has 1 unspecified atom stereocenters. The van der Waals surface area contributed by atoms with Crippen molar-refractivity contribution >= 4 is 11.6 Å². The summed E-state index contributed by atoms with van der Waals surface area (Å²) in [6.45, 7) is 0.384. The molecule has 31 heavy (non-hydrogen) atoms. The molecule has 1 N–H and O–H groups in total. The molecule has 2 fully saturated rings. The molecule has 3 atom stereocenters. The standard InChI is InChI=1S/C22H25F6NO2/c23-21(24,25)20(31,22(26,27)28)17-6-7-18-15(11-17)3-1-2-8-29(18)19(30)12-16-10-13-4-5-14(16)9-13/h6-7,11,13-14,16,31H,1-5,8-10,12H2/t13-,14-,16?/m1/s1. The Bertz CT molecular complexity index is 835. The Hall–Kier alpha value is -1.77. The fraction of sp³-hybridized carbons (Fsp3) is 0.682. The maximum Gasteiger partial charge on any atom is 0.430 e. The van der Waals surface area contributed by atoms with Crippen LogP contribution >= 0.6 is 0 Å². The van der Waals surface area contributed by atoms with Gasteiger partial charge in [-0.05, 0) is 67.9 Å². The minimum atomic E-state index is -5.93. The van der Waals surface area contributed by atoms with Crippen LogP contribution in [-0.2, 0) is 16.8 Å². The lowest BCUT2D eigenvalue weighted by Crippen LogP contribution is -2.54. The Labute approximate surface area is 176 Å². The largest absolute Gasteiger partial charge is 0.430 e. The molecule has 1 amide bonds. The van der Waals surface area contributed by atoms with Gasteiger partial charge >= 0.3 is 12.4 Å². The molecule has 172 valence electrons. The summed E-state index contributed by atoms with van der Waals surface area (Å²) < 4.78 is 79.6. The number of benzene rings is 1. The van der Waals surface area contributed by atoms with Crippen molar-refractivity contribution in [1.29, 1.82) is 0 Å². The summed E-state index contributed by atoms with van der Waals surface area (Å²) in [5.41, 5.74) is -5.66. The molecule has 2 bridgehead atoms. The van der Waals surface area contributed by atoms with Gasteiger partial charge < -0.3 is 10.0 Å².